The summed E-state index contributed by atoms with van der Waals surface area (Å²) >= 11 is 0. The van der Waals surface area contributed by atoms with Crippen molar-refractivity contribution in [2.75, 3.05) is 31.1 Å². The lowest BCUT2D eigenvalue weighted by atomic mass is 10.1. The highest BCUT2D eigenvalue weighted by atomic mass is 16.5. The first-order chi connectivity index (χ1) is 8.75. The first-order valence-electron chi connectivity index (χ1n) is 6.37. The molecule has 0 unspecified atom stereocenters. The molecule has 0 radical (unpaired) electrons. The minimum absolute atomic E-state index is 0.0232. The Bertz CT molecular complexity index is 475. The van der Waals surface area contributed by atoms with Gasteiger partial charge in [-0.2, -0.15) is 0 Å². The summed E-state index contributed by atoms with van der Waals surface area (Å²) in [7, 11) is 0. The SMILES string of the molecule is CC(=O)c1cnc2c(c1)OCC[C@H]1CNCCN21. The highest BCUT2D eigenvalue weighted by Gasteiger charge is 2.28. The van der Waals surface area contributed by atoms with Gasteiger partial charge >= 0.3 is 0 Å². The molecule has 96 valence electrons. The van der Waals surface area contributed by atoms with Crippen LogP contribution in [-0.4, -0.2) is 43.1 Å². The summed E-state index contributed by atoms with van der Waals surface area (Å²) in [6.07, 6.45) is 2.63. The van der Waals surface area contributed by atoms with Crippen molar-refractivity contribution in [1.29, 1.82) is 0 Å². The largest absolute Gasteiger partial charge is 0.490 e. The Morgan fingerprint density at radius 3 is 3.33 bits per heavy atom. The number of hydrogen-bond donors (Lipinski definition) is 1. The lowest BCUT2D eigenvalue weighted by Crippen LogP contribution is -2.51. The van der Waals surface area contributed by atoms with Crippen LogP contribution in [0.15, 0.2) is 12.3 Å². The fourth-order valence-corrected chi connectivity index (χ4v) is 2.55. The zero-order valence-electron chi connectivity index (χ0n) is 10.5. The van der Waals surface area contributed by atoms with Crippen LogP contribution in [0, 0.1) is 0 Å². The zero-order valence-corrected chi connectivity index (χ0v) is 10.5. The topological polar surface area (TPSA) is 54.5 Å². The molecule has 0 aromatic carbocycles. The van der Waals surface area contributed by atoms with Crippen molar-refractivity contribution in [2.24, 2.45) is 0 Å². The second-order valence-corrected chi connectivity index (χ2v) is 4.79. The summed E-state index contributed by atoms with van der Waals surface area (Å²) in [5.74, 6) is 1.64. The molecule has 0 aliphatic carbocycles. The molecule has 3 rings (SSSR count). The average Bonchev–Trinajstić information content (AvgIpc) is 2.57. The van der Waals surface area contributed by atoms with Gasteiger partial charge < -0.3 is 15.0 Å². The number of aromatic nitrogens is 1. The number of fused-ring (bicyclic) bond motifs is 3. The number of rotatable bonds is 1. The molecule has 0 spiro atoms. The van der Waals surface area contributed by atoms with Gasteiger partial charge in [-0.15, -0.1) is 0 Å². The quantitative estimate of drug-likeness (QED) is 0.745. The van der Waals surface area contributed by atoms with Crippen molar-refractivity contribution in [3.63, 3.8) is 0 Å². The molecular weight excluding hydrogens is 230 g/mol. The first-order valence-corrected chi connectivity index (χ1v) is 6.37. The third kappa shape index (κ3) is 1.95. The fourth-order valence-electron chi connectivity index (χ4n) is 2.55. The zero-order chi connectivity index (χ0) is 12.5. The number of pyridine rings is 1. The van der Waals surface area contributed by atoms with Gasteiger partial charge in [0.15, 0.2) is 17.4 Å². The summed E-state index contributed by atoms with van der Waals surface area (Å²) in [5.41, 5.74) is 0.613. The summed E-state index contributed by atoms with van der Waals surface area (Å²) < 4.78 is 5.75. The van der Waals surface area contributed by atoms with E-state index in [9.17, 15) is 4.79 Å². The molecule has 1 aromatic rings. The predicted molar refractivity (Wildman–Crippen MR) is 68.4 cm³/mol. The smallest absolute Gasteiger partial charge is 0.171 e. The van der Waals surface area contributed by atoms with Gasteiger partial charge in [0.05, 0.1) is 6.61 Å². The van der Waals surface area contributed by atoms with E-state index < -0.39 is 0 Å². The van der Waals surface area contributed by atoms with Crippen LogP contribution in [0.2, 0.25) is 0 Å². The Morgan fingerprint density at radius 1 is 1.61 bits per heavy atom. The number of Topliss-reactive ketones (excluding diaryl/α,β-unsaturated/α-hetero) is 1. The maximum Gasteiger partial charge on any atom is 0.171 e. The predicted octanol–water partition coefficient (Wildman–Crippen LogP) is 0.845. The maximum atomic E-state index is 11.4. The lowest BCUT2D eigenvalue weighted by molar-refractivity contribution is 0.101. The summed E-state index contributed by atoms with van der Waals surface area (Å²) in [6.45, 7) is 5.10. The van der Waals surface area contributed by atoms with E-state index in [4.69, 9.17) is 4.74 Å². The molecule has 1 fully saturated rings. The van der Waals surface area contributed by atoms with E-state index in [1.165, 1.54) is 0 Å². The Labute approximate surface area is 106 Å². The number of carbonyl (C=O) groups is 1. The van der Waals surface area contributed by atoms with Gasteiger partial charge in [-0.3, -0.25) is 4.79 Å². The summed E-state index contributed by atoms with van der Waals surface area (Å²) in [6, 6.07) is 2.26. The van der Waals surface area contributed by atoms with Crippen molar-refractivity contribution in [3.05, 3.63) is 17.8 Å². The standard InChI is InChI=1S/C13H17N3O2/c1-9(17)10-6-12-13(15-7-10)16-4-3-14-8-11(16)2-5-18-12/h6-7,11,14H,2-5,8H2,1H3/t11-/m0/s1. The van der Waals surface area contributed by atoms with Crippen molar-refractivity contribution < 1.29 is 9.53 Å². The van der Waals surface area contributed by atoms with Crippen LogP contribution in [-0.2, 0) is 0 Å². The van der Waals surface area contributed by atoms with Gasteiger partial charge in [0, 0.05) is 43.9 Å². The van der Waals surface area contributed by atoms with Gasteiger partial charge in [0.1, 0.15) is 0 Å². The number of nitrogens with one attached hydrogen (secondary N) is 1. The van der Waals surface area contributed by atoms with Gasteiger partial charge in [-0.1, -0.05) is 0 Å². The van der Waals surface area contributed by atoms with E-state index in [1.54, 1.807) is 13.1 Å². The van der Waals surface area contributed by atoms with Crippen LogP contribution < -0.4 is 15.0 Å². The van der Waals surface area contributed by atoms with Gasteiger partial charge in [0.25, 0.3) is 0 Å². The lowest BCUT2D eigenvalue weighted by Gasteiger charge is -2.35. The Morgan fingerprint density at radius 2 is 2.50 bits per heavy atom. The van der Waals surface area contributed by atoms with E-state index in [0.29, 0.717) is 18.2 Å². The highest BCUT2D eigenvalue weighted by molar-refractivity contribution is 5.94. The van der Waals surface area contributed by atoms with Crippen molar-refractivity contribution >= 4 is 11.6 Å². The second kappa shape index (κ2) is 4.57. The van der Waals surface area contributed by atoms with Crippen molar-refractivity contribution in [1.82, 2.24) is 10.3 Å². The minimum Gasteiger partial charge on any atom is -0.490 e. The number of anilines is 1. The average molecular weight is 247 g/mol. The number of ether oxygens (including phenoxy) is 1. The second-order valence-electron chi connectivity index (χ2n) is 4.79. The molecule has 3 heterocycles. The summed E-state index contributed by atoms with van der Waals surface area (Å²) in [5, 5.41) is 3.39. The number of ketones is 1. The third-order valence-corrected chi connectivity index (χ3v) is 3.57. The number of piperazine rings is 1. The molecule has 1 saturated heterocycles. The molecule has 1 aromatic heterocycles. The molecule has 18 heavy (non-hydrogen) atoms. The molecule has 1 atom stereocenters. The Balaban J connectivity index is 1.99. The van der Waals surface area contributed by atoms with Crippen LogP contribution in [0.4, 0.5) is 5.82 Å². The van der Waals surface area contributed by atoms with Crippen LogP contribution in [0.3, 0.4) is 0 Å². The number of hydrogen-bond acceptors (Lipinski definition) is 5. The van der Waals surface area contributed by atoms with E-state index in [1.807, 2.05) is 6.07 Å². The number of carbonyl (C=O) groups excluding carboxylic acids is 1. The van der Waals surface area contributed by atoms with E-state index >= 15 is 0 Å². The van der Waals surface area contributed by atoms with Gasteiger partial charge in [-0.25, -0.2) is 4.98 Å². The summed E-state index contributed by atoms with van der Waals surface area (Å²) in [4.78, 5) is 18.1. The van der Waals surface area contributed by atoms with Crippen LogP contribution in [0.5, 0.6) is 5.75 Å². The monoisotopic (exact) mass is 247 g/mol. The van der Waals surface area contributed by atoms with Gasteiger partial charge in [-0.05, 0) is 13.0 Å². The molecule has 0 amide bonds. The normalized spacial score (nSPS) is 22.5. The van der Waals surface area contributed by atoms with Crippen molar-refractivity contribution in [3.8, 4) is 5.75 Å². The van der Waals surface area contributed by atoms with E-state index in [-0.39, 0.29) is 5.78 Å². The number of nitrogens with zero attached hydrogens (tertiary/aromatic N) is 2. The molecular formula is C13H17N3O2. The molecule has 2 aliphatic heterocycles. The molecule has 0 saturated carbocycles. The van der Waals surface area contributed by atoms with Crippen molar-refractivity contribution in [2.45, 2.75) is 19.4 Å². The first kappa shape index (κ1) is 11.5. The molecule has 1 N–H and O–H groups in total. The fraction of sp³-hybridized carbons (Fsp3) is 0.538. The minimum atomic E-state index is 0.0232. The Kier molecular flexibility index (Phi) is 2.91. The van der Waals surface area contributed by atoms with Crippen LogP contribution in [0.1, 0.15) is 23.7 Å². The van der Waals surface area contributed by atoms with E-state index in [0.717, 1.165) is 37.6 Å². The van der Waals surface area contributed by atoms with Gasteiger partial charge in [0.2, 0.25) is 0 Å². The highest BCUT2D eigenvalue weighted by Crippen LogP contribution is 2.32. The van der Waals surface area contributed by atoms with E-state index in [2.05, 4.69) is 15.2 Å². The molecule has 5 heteroatoms. The third-order valence-electron chi connectivity index (χ3n) is 3.57. The molecule has 5 nitrogen and oxygen atoms in total. The molecule has 2 aliphatic rings. The van der Waals surface area contributed by atoms with Crippen LogP contribution in [0.25, 0.3) is 0 Å². The Hall–Kier alpha value is -1.62. The molecule has 0 bridgehead atoms. The van der Waals surface area contributed by atoms with Crippen LogP contribution >= 0.6 is 0 Å². The maximum absolute atomic E-state index is 11.4.